The molecular formula is C21H18F3N3O2. The topological polar surface area (TPSA) is 56.2 Å². The number of alkyl halides is 2. The fraction of sp³-hybridized carbons (Fsp3) is 0.143. The zero-order chi connectivity index (χ0) is 20.8. The number of hydrogen-bond acceptors (Lipinski definition) is 3. The number of nitrogens with zero attached hydrogens (tertiary/aromatic N) is 2. The highest BCUT2D eigenvalue weighted by Crippen LogP contribution is 2.21. The SMILES string of the molecule is Cc1nccn1-c1ccc(CNC(=O)/C=C/c2ccccc2OC(F)F)cc1F. The summed E-state index contributed by atoms with van der Waals surface area (Å²) < 4.78 is 45.3. The minimum absolute atomic E-state index is 0.0287. The molecule has 1 aromatic heterocycles. The highest BCUT2D eigenvalue weighted by atomic mass is 19.3. The summed E-state index contributed by atoms with van der Waals surface area (Å²) in [5.74, 6) is -0.261. The number of benzene rings is 2. The van der Waals surface area contributed by atoms with Crippen LogP contribution in [0.1, 0.15) is 17.0 Å². The molecule has 0 saturated carbocycles. The maximum absolute atomic E-state index is 14.4. The van der Waals surface area contributed by atoms with E-state index in [9.17, 15) is 18.0 Å². The molecule has 8 heteroatoms. The lowest BCUT2D eigenvalue weighted by molar-refractivity contribution is -0.116. The maximum atomic E-state index is 14.4. The number of imidazole rings is 1. The van der Waals surface area contributed by atoms with Crippen LogP contribution in [0.5, 0.6) is 5.75 Å². The summed E-state index contributed by atoms with van der Waals surface area (Å²) in [6.07, 6.45) is 5.82. The van der Waals surface area contributed by atoms with Crippen molar-refractivity contribution in [2.75, 3.05) is 0 Å². The van der Waals surface area contributed by atoms with Crippen LogP contribution < -0.4 is 10.1 Å². The average Bonchev–Trinajstić information content (AvgIpc) is 3.11. The van der Waals surface area contributed by atoms with Gasteiger partial charge in [0.15, 0.2) is 0 Å². The van der Waals surface area contributed by atoms with Gasteiger partial charge in [-0.1, -0.05) is 24.3 Å². The molecule has 0 aliphatic carbocycles. The zero-order valence-corrected chi connectivity index (χ0v) is 15.5. The van der Waals surface area contributed by atoms with Crippen LogP contribution in [0.3, 0.4) is 0 Å². The van der Waals surface area contributed by atoms with Gasteiger partial charge in [-0.2, -0.15) is 8.78 Å². The van der Waals surface area contributed by atoms with E-state index >= 15 is 0 Å². The molecule has 0 fully saturated rings. The van der Waals surface area contributed by atoms with Gasteiger partial charge < -0.3 is 14.6 Å². The van der Waals surface area contributed by atoms with E-state index < -0.39 is 18.3 Å². The highest BCUT2D eigenvalue weighted by Gasteiger charge is 2.09. The smallest absolute Gasteiger partial charge is 0.387 e. The molecule has 1 heterocycles. The molecule has 1 amide bonds. The van der Waals surface area contributed by atoms with Crippen molar-refractivity contribution in [2.24, 2.45) is 0 Å². The lowest BCUT2D eigenvalue weighted by Crippen LogP contribution is -2.20. The third-order valence-electron chi connectivity index (χ3n) is 4.11. The summed E-state index contributed by atoms with van der Waals surface area (Å²) in [7, 11) is 0. The van der Waals surface area contributed by atoms with Crippen molar-refractivity contribution in [3.63, 3.8) is 0 Å². The van der Waals surface area contributed by atoms with Crippen molar-refractivity contribution in [1.82, 2.24) is 14.9 Å². The first-order valence-corrected chi connectivity index (χ1v) is 8.72. The van der Waals surface area contributed by atoms with E-state index in [-0.39, 0.29) is 12.3 Å². The third kappa shape index (κ3) is 5.25. The predicted octanol–water partition coefficient (Wildman–Crippen LogP) is 4.25. The second kappa shape index (κ2) is 9.09. The first kappa shape index (κ1) is 20.2. The fourth-order valence-electron chi connectivity index (χ4n) is 2.72. The summed E-state index contributed by atoms with van der Waals surface area (Å²) in [6.45, 7) is -1.08. The van der Waals surface area contributed by atoms with Crippen LogP contribution in [-0.2, 0) is 11.3 Å². The van der Waals surface area contributed by atoms with E-state index in [1.807, 2.05) is 0 Å². The van der Waals surface area contributed by atoms with Crippen LogP contribution in [0.4, 0.5) is 13.2 Å². The Morgan fingerprint density at radius 1 is 1.28 bits per heavy atom. The Labute approximate surface area is 165 Å². The normalized spacial score (nSPS) is 11.2. The Hall–Kier alpha value is -3.55. The molecule has 29 heavy (non-hydrogen) atoms. The standard InChI is InChI=1S/C21H18F3N3O2/c1-14-25-10-11-27(14)18-8-6-15(12-17(18)22)13-26-20(28)9-7-16-4-2-3-5-19(16)29-21(23)24/h2-12,21H,13H2,1H3,(H,26,28)/b9-7+. The molecule has 0 radical (unpaired) electrons. The van der Waals surface area contributed by atoms with Crippen LogP contribution in [0.15, 0.2) is 60.9 Å². The van der Waals surface area contributed by atoms with Crippen LogP contribution in [0.2, 0.25) is 0 Å². The van der Waals surface area contributed by atoms with Crippen molar-refractivity contribution in [1.29, 1.82) is 0 Å². The van der Waals surface area contributed by atoms with Gasteiger partial charge >= 0.3 is 6.61 Å². The lowest BCUT2D eigenvalue weighted by Gasteiger charge is -2.09. The monoisotopic (exact) mass is 401 g/mol. The average molecular weight is 401 g/mol. The summed E-state index contributed by atoms with van der Waals surface area (Å²) in [4.78, 5) is 16.1. The van der Waals surface area contributed by atoms with Gasteiger partial charge in [0.1, 0.15) is 17.4 Å². The molecule has 0 saturated heterocycles. The Bertz CT molecular complexity index is 1030. The van der Waals surface area contributed by atoms with Gasteiger partial charge in [-0.15, -0.1) is 0 Å². The summed E-state index contributed by atoms with van der Waals surface area (Å²) in [5, 5.41) is 2.62. The molecule has 0 unspecified atom stereocenters. The van der Waals surface area contributed by atoms with Gasteiger partial charge in [-0.25, -0.2) is 9.37 Å². The number of ether oxygens (including phenoxy) is 1. The molecule has 150 valence electrons. The minimum Gasteiger partial charge on any atom is -0.434 e. The second-order valence-corrected chi connectivity index (χ2v) is 6.10. The molecule has 3 rings (SSSR count). The van der Waals surface area contributed by atoms with Crippen molar-refractivity contribution >= 4 is 12.0 Å². The molecular weight excluding hydrogens is 383 g/mol. The van der Waals surface area contributed by atoms with E-state index in [1.54, 1.807) is 54.2 Å². The fourth-order valence-corrected chi connectivity index (χ4v) is 2.72. The largest absolute Gasteiger partial charge is 0.434 e. The number of carbonyl (C=O) groups excluding carboxylic acids is 1. The molecule has 3 aromatic rings. The number of nitrogens with one attached hydrogen (secondary N) is 1. The van der Waals surface area contributed by atoms with Crippen molar-refractivity contribution in [3.05, 3.63) is 83.7 Å². The Morgan fingerprint density at radius 3 is 2.76 bits per heavy atom. The van der Waals surface area contributed by atoms with Crippen molar-refractivity contribution < 1.29 is 22.7 Å². The number of rotatable bonds is 7. The highest BCUT2D eigenvalue weighted by molar-refractivity contribution is 5.92. The number of aryl methyl sites for hydroxylation is 1. The maximum Gasteiger partial charge on any atom is 0.387 e. The summed E-state index contributed by atoms with van der Waals surface area (Å²) in [5.41, 5.74) is 1.28. The second-order valence-electron chi connectivity index (χ2n) is 6.10. The molecule has 2 aromatic carbocycles. The molecule has 1 N–H and O–H groups in total. The van der Waals surface area contributed by atoms with Crippen LogP contribution in [0, 0.1) is 12.7 Å². The van der Waals surface area contributed by atoms with Crippen LogP contribution >= 0.6 is 0 Å². The Balaban J connectivity index is 1.62. The van der Waals surface area contributed by atoms with Gasteiger partial charge in [0.2, 0.25) is 5.91 Å². The molecule has 0 atom stereocenters. The lowest BCUT2D eigenvalue weighted by atomic mass is 10.1. The number of carbonyl (C=O) groups is 1. The van der Waals surface area contributed by atoms with Crippen LogP contribution in [0.25, 0.3) is 11.8 Å². The minimum atomic E-state index is -2.96. The molecule has 0 aliphatic heterocycles. The third-order valence-corrected chi connectivity index (χ3v) is 4.11. The quantitative estimate of drug-likeness (QED) is 0.602. The van der Waals surface area contributed by atoms with E-state index in [2.05, 4.69) is 15.0 Å². The van der Waals surface area contributed by atoms with E-state index in [1.165, 1.54) is 24.3 Å². The number of amides is 1. The Kier molecular flexibility index (Phi) is 6.33. The van der Waals surface area contributed by atoms with Crippen molar-refractivity contribution in [3.8, 4) is 11.4 Å². The number of hydrogen-bond donors (Lipinski definition) is 1. The molecule has 5 nitrogen and oxygen atoms in total. The van der Waals surface area contributed by atoms with Crippen LogP contribution in [-0.4, -0.2) is 22.1 Å². The number of para-hydroxylation sites is 1. The van der Waals surface area contributed by atoms with Gasteiger partial charge in [-0.3, -0.25) is 4.79 Å². The van der Waals surface area contributed by atoms with Gasteiger partial charge in [0, 0.05) is 30.6 Å². The van der Waals surface area contributed by atoms with Gasteiger partial charge in [0.05, 0.1) is 5.69 Å². The molecule has 0 aliphatic rings. The zero-order valence-electron chi connectivity index (χ0n) is 15.5. The summed E-state index contributed by atoms with van der Waals surface area (Å²) in [6, 6.07) is 10.8. The van der Waals surface area contributed by atoms with Gasteiger partial charge in [-0.05, 0) is 36.8 Å². The van der Waals surface area contributed by atoms with E-state index in [4.69, 9.17) is 0 Å². The van der Waals surface area contributed by atoms with E-state index in [0.717, 1.165) is 0 Å². The summed E-state index contributed by atoms with van der Waals surface area (Å²) >= 11 is 0. The molecule has 0 spiro atoms. The first-order chi connectivity index (χ1) is 13.9. The van der Waals surface area contributed by atoms with Gasteiger partial charge in [0.25, 0.3) is 0 Å². The predicted molar refractivity (Wildman–Crippen MR) is 102 cm³/mol. The first-order valence-electron chi connectivity index (χ1n) is 8.72. The van der Waals surface area contributed by atoms with Crippen molar-refractivity contribution in [2.45, 2.75) is 20.1 Å². The Morgan fingerprint density at radius 2 is 2.07 bits per heavy atom. The number of aromatic nitrogens is 2. The van der Waals surface area contributed by atoms with E-state index in [0.29, 0.717) is 22.6 Å². The molecule has 0 bridgehead atoms. The number of halogens is 3.